The van der Waals surface area contributed by atoms with Crippen LogP contribution in [0.3, 0.4) is 0 Å². The largest absolute Gasteiger partial charge is 0.495 e. The molecule has 1 aliphatic heterocycles. The average Bonchev–Trinajstić information content (AvgIpc) is 3.36. The number of methoxy groups -OCH3 is 1. The molecule has 0 N–H and O–H groups in total. The van der Waals surface area contributed by atoms with Crippen molar-refractivity contribution >= 4 is 22.2 Å². The quantitative estimate of drug-likeness (QED) is 0.547. The lowest BCUT2D eigenvalue weighted by Crippen LogP contribution is -2.35. The minimum Gasteiger partial charge on any atom is -0.495 e. The maximum absolute atomic E-state index is 5.81. The number of rotatable bonds is 5. The first-order valence-electron chi connectivity index (χ1n) is 11.2. The number of hydrogen-bond donors (Lipinski definition) is 0. The van der Waals surface area contributed by atoms with Crippen LogP contribution in [0.15, 0.2) is 23.6 Å². The summed E-state index contributed by atoms with van der Waals surface area (Å²) in [5.41, 5.74) is 5.02. The molecule has 6 heteroatoms. The summed E-state index contributed by atoms with van der Waals surface area (Å²) in [5, 5.41) is 4.63. The molecule has 0 bridgehead atoms. The third kappa shape index (κ3) is 3.66. The Labute approximate surface area is 182 Å². The summed E-state index contributed by atoms with van der Waals surface area (Å²) in [7, 11) is 1.78. The Morgan fingerprint density at radius 3 is 2.73 bits per heavy atom. The highest BCUT2D eigenvalue weighted by Crippen LogP contribution is 2.44. The molecule has 3 aromatic rings. The SMILES string of the molecule is COc1cccc2c(-c3nc(CN4CCOCC4)cs3)c(C)n(C3CCCCC3)c12. The zero-order valence-corrected chi connectivity index (χ0v) is 18.8. The van der Waals surface area contributed by atoms with Gasteiger partial charge in [-0.15, -0.1) is 11.3 Å². The third-order valence-electron chi connectivity index (χ3n) is 6.65. The van der Waals surface area contributed by atoms with Gasteiger partial charge in [0.05, 0.1) is 31.5 Å². The van der Waals surface area contributed by atoms with Crippen molar-refractivity contribution in [3.8, 4) is 16.3 Å². The van der Waals surface area contributed by atoms with E-state index in [4.69, 9.17) is 14.5 Å². The van der Waals surface area contributed by atoms with Gasteiger partial charge in [0.1, 0.15) is 10.8 Å². The van der Waals surface area contributed by atoms with Crippen LogP contribution in [0.4, 0.5) is 0 Å². The van der Waals surface area contributed by atoms with Crippen molar-refractivity contribution in [2.24, 2.45) is 0 Å². The van der Waals surface area contributed by atoms with Gasteiger partial charge in [0.2, 0.25) is 0 Å². The zero-order valence-electron chi connectivity index (χ0n) is 18.0. The van der Waals surface area contributed by atoms with Crippen molar-refractivity contribution in [2.45, 2.75) is 51.6 Å². The zero-order chi connectivity index (χ0) is 20.5. The van der Waals surface area contributed by atoms with Crippen molar-refractivity contribution in [1.29, 1.82) is 0 Å². The number of benzene rings is 1. The molecule has 1 aliphatic carbocycles. The predicted molar refractivity (Wildman–Crippen MR) is 123 cm³/mol. The van der Waals surface area contributed by atoms with E-state index >= 15 is 0 Å². The Hall–Kier alpha value is -1.89. The summed E-state index contributed by atoms with van der Waals surface area (Å²) in [6.45, 7) is 6.81. The first-order chi connectivity index (χ1) is 14.8. The number of para-hydroxylation sites is 1. The van der Waals surface area contributed by atoms with Gasteiger partial charge < -0.3 is 14.0 Å². The second-order valence-electron chi connectivity index (χ2n) is 8.51. The van der Waals surface area contributed by atoms with Gasteiger partial charge in [0.25, 0.3) is 0 Å². The third-order valence-corrected chi connectivity index (χ3v) is 7.56. The second-order valence-corrected chi connectivity index (χ2v) is 9.37. The number of aromatic nitrogens is 2. The molecule has 2 aromatic heterocycles. The molecule has 0 amide bonds. The Balaban J connectivity index is 1.57. The van der Waals surface area contributed by atoms with E-state index in [1.54, 1.807) is 18.4 Å². The molecule has 2 aliphatic rings. The van der Waals surface area contributed by atoms with Crippen LogP contribution in [0.5, 0.6) is 5.75 Å². The minimum absolute atomic E-state index is 0.555. The molecule has 3 heterocycles. The van der Waals surface area contributed by atoms with E-state index in [2.05, 4.69) is 40.0 Å². The number of hydrogen-bond acceptors (Lipinski definition) is 5. The maximum atomic E-state index is 5.81. The molecular weight excluding hydrogens is 394 g/mol. The summed E-state index contributed by atoms with van der Waals surface area (Å²) in [4.78, 5) is 7.52. The highest BCUT2D eigenvalue weighted by atomic mass is 32.1. The van der Waals surface area contributed by atoms with Gasteiger partial charge in [-0.1, -0.05) is 31.4 Å². The number of thiazole rings is 1. The van der Waals surface area contributed by atoms with Gasteiger partial charge in [-0.25, -0.2) is 4.98 Å². The molecule has 5 nitrogen and oxygen atoms in total. The highest BCUT2D eigenvalue weighted by molar-refractivity contribution is 7.13. The number of fused-ring (bicyclic) bond motifs is 1. The average molecular weight is 426 g/mol. The topological polar surface area (TPSA) is 39.5 Å². The lowest BCUT2D eigenvalue weighted by Gasteiger charge is -2.26. The predicted octanol–water partition coefficient (Wildman–Crippen LogP) is 5.42. The number of nitrogens with zero attached hydrogens (tertiary/aromatic N) is 3. The maximum Gasteiger partial charge on any atom is 0.143 e. The van der Waals surface area contributed by atoms with E-state index in [1.807, 2.05) is 0 Å². The smallest absolute Gasteiger partial charge is 0.143 e. The van der Waals surface area contributed by atoms with E-state index in [9.17, 15) is 0 Å². The van der Waals surface area contributed by atoms with Crippen LogP contribution < -0.4 is 4.74 Å². The lowest BCUT2D eigenvalue weighted by molar-refractivity contribution is 0.0337. The summed E-state index contributed by atoms with van der Waals surface area (Å²) >= 11 is 1.77. The van der Waals surface area contributed by atoms with Gasteiger partial charge in [0, 0.05) is 47.7 Å². The summed E-state index contributed by atoms with van der Waals surface area (Å²) in [6, 6.07) is 7.00. The van der Waals surface area contributed by atoms with Crippen molar-refractivity contribution in [1.82, 2.24) is 14.5 Å². The molecule has 1 aromatic carbocycles. The van der Waals surface area contributed by atoms with Crippen molar-refractivity contribution < 1.29 is 9.47 Å². The minimum atomic E-state index is 0.555. The van der Waals surface area contributed by atoms with Crippen molar-refractivity contribution in [3.63, 3.8) is 0 Å². The molecule has 160 valence electrons. The van der Waals surface area contributed by atoms with Crippen LogP contribution >= 0.6 is 11.3 Å². The Kier molecular flexibility index (Phi) is 5.81. The molecule has 0 radical (unpaired) electrons. The fourth-order valence-electron chi connectivity index (χ4n) is 5.17. The van der Waals surface area contributed by atoms with Crippen LogP contribution in [0.25, 0.3) is 21.5 Å². The molecule has 30 heavy (non-hydrogen) atoms. The van der Waals surface area contributed by atoms with Crippen molar-refractivity contribution in [3.05, 3.63) is 35.0 Å². The summed E-state index contributed by atoms with van der Waals surface area (Å²) in [5.74, 6) is 0.970. The molecule has 5 rings (SSSR count). The Morgan fingerprint density at radius 1 is 1.17 bits per heavy atom. The standard InChI is InChI=1S/C24H31N3O2S/c1-17-22(24-25-18(16-30-24)15-26-11-13-29-14-12-26)20-9-6-10-21(28-2)23(20)27(17)19-7-4-3-5-8-19/h6,9-10,16,19H,3-5,7-8,11-15H2,1-2H3. The van der Waals surface area contributed by atoms with Crippen LogP contribution in [0, 0.1) is 6.92 Å². The number of morpholine rings is 1. The van der Waals surface area contributed by atoms with Gasteiger partial charge in [0.15, 0.2) is 0 Å². The molecule has 1 saturated heterocycles. The van der Waals surface area contributed by atoms with Crippen LogP contribution in [-0.2, 0) is 11.3 Å². The van der Waals surface area contributed by atoms with Crippen LogP contribution in [-0.4, -0.2) is 47.9 Å². The molecular formula is C24H31N3O2S. The van der Waals surface area contributed by atoms with Gasteiger partial charge >= 0.3 is 0 Å². The first kappa shape index (κ1) is 20.0. The monoisotopic (exact) mass is 425 g/mol. The Bertz CT molecular complexity index is 1010. The van der Waals surface area contributed by atoms with Crippen molar-refractivity contribution in [2.75, 3.05) is 33.4 Å². The highest BCUT2D eigenvalue weighted by Gasteiger charge is 2.26. The first-order valence-corrected chi connectivity index (χ1v) is 12.1. The fourth-order valence-corrected chi connectivity index (χ4v) is 6.09. The van der Waals surface area contributed by atoms with Gasteiger partial charge in [-0.05, 0) is 25.8 Å². The summed E-state index contributed by atoms with van der Waals surface area (Å²) in [6.07, 6.45) is 6.49. The van der Waals surface area contributed by atoms with E-state index in [0.29, 0.717) is 6.04 Å². The second kappa shape index (κ2) is 8.69. The van der Waals surface area contributed by atoms with E-state index in [1.165, 1.54) is 54.3 Å². The fraction of sp³-hybridized carbons (Fsp3) is 0.542. The summed E-state index contributed by atoms with van der Waals surface area (Å²) < 4.78 is 13.9. The molecule has 0 spiro atoms. The number of ether oxygens (including phenoxy) is 2. The molecule has 0 atom stereocenters. The molecule has 1 saturated carbocycles. The van der Waals surface area contributed by atoms with E-state index in [0.717, 1.165) is 49.3 Å². The normalized spacial score (nSPS) is 18.9. The van der Waals surface area contributed by atoms with Gasteiger partial charge in [-0.3, -0.25) is 4.90 Å². The molecule has 0 unspecified atom stereocenters. The molecule has 2 fully saturated rings. The van der Waals surface area contributed by atoms with Crippen LogP contribution in [0.2, 0.25) is 0 Å². The van der Waals surface area contributed by atoms with E-state index in [-0.39, 0.29) is 0 Å². The lowest BCUT2D eigenvalue weighted by atomic mass is 9.95. The Morgan fingerprint density at radius 2 is 1.97 bits per heavy atom. The van der Waals surface area contributed by atoms with Crippen LogP contribution in [0.1, 0.15) is 49.5 Å². The van der Waals surface area contributed by atoms with E-state index < -0.39 is 0 Å². The van der Waals surface area contributed by atoms with Gasteiger partial charge in [-0.2, -0.15) is 0 Å².